The maximum atomic E-state index is 11.7. The first kappa shape index (κ1) is 10.2. The van der Waals surface area contributed by atoms with Crippen LogP contribution < -0.4 is 11.2 Å². The number of hydrogen-bond acceptors (Lipinski definition) is 3. The molecule has 82 valence electrons. The van der Waals surface area contributed by atoms with Crippen molar-refractivity contribution in [3.63, 3.8) is 0 Å². The lowest BCUT2D eigenvalue weighted by atomic mass is 10.1. The van der Waals surface area contributed by atoms with Crippen molar-refractivity contribution in [2.45, 2.75) is 6.92 Å². The standard InChI is InChI=1S/C11H10N2O3/c1-5-2-3-6(12)10-9(5)8(14)4-7(13-10)11(15)16/h2-4H,12H2,1H3,(H,13,14)(H,15,16). The van der Waals surface area contributed by atoms with Crippen LogP contribution in [-0.4, -0.2) is 16.1 Å². The Balaban J connectivity index is 2.98. The van der Waals surface area contributed by atoms with Crippen LogP contribution in [0, 0.1) is 6.92 Å². The average Bonchev–Trinajstić information content (AvgIpc) is 2.22. The van der Waals surface area contributed by atoms with Gasteiger partial charge in [-0.2, -0.15) is 0 Å². The second-order valence-electron chi connectivity index (χ2n) is 3.57. The van der Waals surface area contributed by atoms with Crippen molar-refractivity contribution in [2.75, 3.05) is 5.73 Å². The van der Waals surface area contributed by atoms with Crippen molar-refractivity contribution in [3.8, 4) is 0 Å². The Hall–Kier alpha value is -2.30. The molecule has 0 atom stereocenters. The van der Waals surface area contributed by atoms with E-state index in [1.54, 1.807) is 19.1 Å². The molecule has 4 N–H and O–H groups in total. The highest BCUT2D eigenvalue weighted by Gasteiger charge is 2.10. The summed E-state index contributed by atoms with van der Waals surface area (Å²) >= 11 is 0. The average molecular weight is 218 g/mol. The SMILES string of the molecule is Cc1ccc(N)c2[nH]c(C(=O)O)cc(=O)c12. The molecule has 2 rings (SSSR count). The zero-order valence-corrected chi connectivity index (χ0v) is 8.57. The maximum absolute atomic E-state index is 11.7. The number of nitrogens with two attached hydrogens (primary N) is 1. The molecule has 0 fully saturated rings. The van der Waals surface area contributed by atoms with Crippen molar-refractivity contribution < 1.29 is 9.90 Å². The van der Waals surface area contributed by atoms with Crippen molar-refractivity contribution in [1.29, 1.82) is 0 Å². The van der Waals surface area contributed by atoms with E-state index in [-0.39, 0.29) is 11.1 Å². The molecular formula is C11H10N2O3. The van der Waals surface area contributed by atoms with E-state index in [0.717, 1.165) is 11.6 Å². The van der Waals surface area contributed by atoms with Gasteiger partial charge >= 0.3 is 5.97 Å². The molecule has 0 unspecified atom stereocenters. The zero-order valence-electron chi connectivity index (χ0n) is 8.57. The zero-order chi connectivity index (χ0) is 11.9. The van der Waals surface area contributed by atoms with E-state index >= 15 is 0 Å². The third-order valence-electron chi connectivity index (χ3n) is 2.46. The topological polar surface area (TPSA) is 96.2 Å². The highest BCUT2D eigenvalue weighted by Crippen LogP contribution is 2.19. The number of carboxylic acid groups (broad SMARTS) is 1. The fraction of sp³-hybridized carbons (Fsp3) is 0.0909. The molecular weight excluding hydrogens is 208 g/mol. The predicted octanol–water partition coefficient (Wildman–Crippen LogP) is 1.12. The number of hydrogen-bond donors (Lipinski definition) is 3. The molecule has 0 aliphatic rings. The Morgan fingerprint density at radius 2 is 2.12 bits per heavy atom. The number of aromatic amines is 1. The molecule has 0 bridgehead atoms. The quantitative estimate of drug-likeness (QED) is 0.625. The number of aromatic carboxylic acids is 1. The lowest BCUT2D eigenvalue weighted by molar-refractivity contribution is 0.0691. The minimum atomic E-state index is -1.18. The highest BCUT2D eigenvalue weighted by atomic mass is 16.4. The summed E-state index contributed by atoms with van der Waals surface area (Å²) in [4.78, 5) is 25.2. The summed E-state index contributed by atoms with van der Waals surface area (Å²) in [5.74, 6) is -1.18. The van der Waals surface area contributed by atoms with Crippen LogP contribution in [0.5, 0.6) is 0 Å². The number of rotatable bonds is 1. The molecule has 1 aromatic heterocycles. The highest BCUT2D eigenvalue weighted by molar-refractivity contribution is 5.95. The molecule has 5 heteroatoms. The molecule has 5 nitrogen and oxygen atoms in total. The summed E-state index contributed by atoms with van der Waals surface area (Å²) in [5.41, 5.74) is 6.71. The van der Waals surface area contributed by atoms with Gasteiger partial charge in [-0.15, -0.1) is 0 Å². The number of benzene rings is 1. The molecule has 0 saturated heterocycles. The molecule has 0 radical (unpaired) electrons. The third kappa shape index (κ3) is 1.42. The van der Waals surface area contributed by atoms with E-state index in [0.29, 0.717) is 16.6 Å². The Morgan fingerprint density at radius 1 is 1.44 bits per heavy atom. The van der Waals surface area contributed by atoms with E-state index in [1.807, 2.05) is 0 Å². The molecule has 2 aromatic rings. The number of pyridine rings is 1. The van der Waals surface area contributed by atoms with Crippen LogP contribution in [0.4, 0.5) is 5.69 Å². The van der Waals surface area contributed by atoms with Gasteiger partial charge < -0.3 is 15.8 Å². The molecule has 1 aromatic carbocycles. The fourth-order valence-corrected chi connectivity index (χ4v) is 1.66. The van der Waals surface area contributed by atoms with Gasteiger partial charge in [0.05, 0.1) is 16.6 Å². The third-order valence-corrected chi connectivity index (χ3v) is 2.46. The number of carboxylic acids is 1. The second-order valence-corrected chi connectivity index (χ2v) is 3.57. The van der Waals surface area contributed by atoms with Crippen LogP contribution in [0.25, 0.3) is 10.9 Å². The Kier molecular flexibility index (Phi) is 2.16. The van der Waals surface area contributed by atoms with Crippen LogP contribution in [-0.2, 0) is 0 Å². The van der Waals surface area contributed by atoms with Crippen LogP contribution >= 0.6 is 0 Å². The van der Waals surface area contributed by atoms with Gasteiger partial charge in [0.2, 0.25) is 0 Å². The van der Waals surface area contributed by atoms with E-state index < -0.39 is 5.97 Å². The van der Waals surface area contributed by atoms with Gasteiger partial charge in [0.15, 0.2) is 5.43 Å². The molecule has 0 saturated carbocycles. The first-order chi connectivity index (χ1) is 7.50. The number of H-pyrrole nitrogens is 1. The lowest BCUT2D eigenvalue weighted by Crippen LogP contribution is -2.11. The first-order valence-corrected chi connectivity index (χ1v) is 4.66. The first-order valence-electron chi connectivity index (χ1n) is 4.66. The van der Waals surface area contributed by atoms with Crippen molar-refractivity contribution in [3.05, 3.63) is 39.7 Å². The minimum absolute atomic E-state index is 0.158. The maximum Gasteiger partial charge on any atom is 0.352 e. The van der Waals surface area contributed by atoms with E-state index in [1.165, 1.54) is 0 Å². The van der Waals surface area contributed by atoms with E-state index in [2.05, 4.69) is 4.98 Å². The largest absolute Gasteiger partial charge is 0.477 e. The lowest BCUT2D eigenvalue weighted by Gasteiger charge is -2.05. The monoisotopic (exact) mass is 218 g/mol. The fourth-order valence-electron chi connectivity index (χ4n) is 1.66. The summed E-state index contributed by atoms with van der Waals surface area (Å²) in [6.45, 7) is 1.78. The van der Waals surface area contributed by atoms with Crippen LogP contribution in [0.2, 0.25) is 0 Å². The number of anilines is 1. The van der Waals surface area contributed by atoms with Gasteiger partial charge in [-0.25, -0.2) is 4.79 Å². The number of carbonyl (C=O) groups is 1. The second kappa shape index (κ2) is 3.37. The van der Waals surface area contributed by atoms with Gasteiger partial charge in [0, 0.05) is 6.07 Å². The van der Waals surface area contributed by atoms with Crippen molar-refractivity contribution in [1.82, 2.24) is 4.98 Å². The van der Waals surface area contributed by atoms with Gasteiger partial charge in [-0.05, 0) is 18.6 Å². The van der Waals surface area contributed by atoms with Gasteiger partial charge in [-0.1, -0.05) is 6.07 Å². The Bertz CT molecular complexity index is 643. The van der Waals surface area contributed by atoms with Crippen LogP contribution in [0.3, 0.4) is 0 Å². The minimum Gasteiger partial charge on any atom is -0.477 e. The molecule has 0 spiro atoms. The van der Waals surface area contributed by atoms with Crippen molar-refractivity contribution >= 4 is 22.6 Å². The number of aromatic nitrogens is 1. The Labute approximate surface area is 90.5 Å². The number of fused-ring (bicyclic) bond motifs is 1. The van der Waals surface area contributed by atoms with Gasteiger partial charge in [0.1, 0.15) is 5.69 Å². The summed E-state index contributed by atoms with van der Waals surface area (Å²) in [7, 11) is 0. The van der Waals surface area contributed by atoms with Crippen LogP contribution in [0.15, 0.2) is 23.0 Å². The number of aryl methyl sites for hydroxylation is 1. The smallest absolute Gasteiger partial charge is 0.352 e. The van der Waals surface area contributed by atoms with Crippen LogP contribution in [0.1, 0.15) is 16.1 Å². The van der Waals surface area contributed by atoms with Gasteiger partial charge in [-0.3, -0.25) is 4.79 Å². The number of nitrogen functional groups attached to an aromatic ring is 1. The summed E-state index contributed by atoms with van der Waals surface area (Å²) in [5, 5.41) is 9.25. The predicted molar refractivity (Wildman–Crippen MR) is 60.7 cm³/mol. The van der Waals surface area contributed by atoms with E-state index in [9.17, 15) is 9.59 Å². The summed E-state index contributed by atoms with van der Waals surface area (Å²) in [6.07, 6.45) is 0. The molecule has 1 heterocycles. The molecule has 0 amide bonds. The normalized spacial score (nSPS) is 10.6. The Morgan fingerprint density at radius 3 is 2.75 bits per heavy atom. The number of nitrogens with one attached hydrogen (secondary N) is 1. The van der Waals surface area contributed by atoms with Crippen molar-refractivity contribution in [2.24, 2.45) is 0 Å². The van der Waals surface area contributed by atoms with E-state index in [4.69, 9.17) is 10.8 Å². The molecule has 0 aliphatic heterocycles. The summed E-state index contributed by atoms with van der Waals surface area (Å²) in [6, 6.07) is 4.43. The summed E-state index contributed by atoms with van der Waals surface area (Å²) < 4.78 is 0. The molecule has 0 aliphatic carbocycles. The van der Waals surface area contributed by atoms with Gasteiger partial charge in [0.25, 0.3) is 0 Å². The molecule has 16 heavy (non-hydrogen) atoms.